The van der Waals surface area contributed by atoms with Crippen molar-refractivity contribution in [2.24, 2.45) is 17.8 Å². The number of rotatable bonds is 0. The van der Waals surface area contributed by atoms with Crippen LogP contribution in [0.3, 0.4) is 0 Å². The lowest BCUT2D eigenvalue weighted by atomic mass is 9.82. The first-order chi connectivity index (χ1) is 9.64. The quantitative estimate of drug-likeness (QED) is 0.458. The minimum Gasteiger partial charge on any atom is -0.345 e. The van der Waals surface area contributed by atoms with Crippen molar-refractivity contribution >= 4 is 31.9 Å². The molecule has 6 heteroatoms. The zero-order valence-corrected chi connectivity index (χ0v) is 13.9. The lowest BCUT2D eigenvalue weighted by Crippen LogP contribution is -2.48. The van der Waals surface area contributed by atoms with Crippen LogP contribution in [0.25, 0.3) is 0 Å². The van der Waals surface area contributed by atoms with E-state index in [1.54, 1.807) is 0 Å². The van der Waals surface area contributed by atoms with Crippen LogP contribution in [0.4, 0.5) is 0 Å². The summed E-state index contributed by atoms with van der Waals surface area (Å²) in [5.74, 6) is -0.698. The Balaban J connectivity index is 1.68. The molecule has 0 aromatic rings. The molecule has 20 heavy (non-hydrogen) atoms. The molecule has 2 saturated heterocycles. The number of fused-ring (bicyclic) bond motifs is 4. The van der Waals surface area contributed by atoms with Crippen LogP contribution in [0.15, 0.2) is 22.7 Å². The van der Waals surface area contributed by atoms with Gasteiger partial charge in [-0.05, 0) is 0 Å². The topological polar surface area (TPSA) is 36.9 Å². The summed E-state index contributed by atoms with van der Waals surface area (Å²) in [5, 5.41) is 0. The molecule has 108 valence electrons. The smallest absolute Gasteiger partial charge is 0.205 e. The van der Waals surface area contributed by atoms with Crippen molar-refractivity contribution in [3.63, 3.8) is 0 Å². The molecule has 4 atom stereocenters. The Labute approximate surface area is 133 Å². The maximum Gasteiger partial charge on any atom is 0.205 e. The van der Waals surface area contributed by atoms with Gasteiger partial charge in [0.25, 0.3) is 0 Å². The van der Waals surface area contributed by atoms with Crippen molar-refractivity contribution in [2.45, 2.75) is 15.9 Å². The van der Waals surface area contributed by atoms with Crippen LogP contribution in [0.5, 0.6) is 0 Å². The Hall–Kier alpha value is 0.280. The molecule has 5 aliphatic rings. The van der Waals surface area contributed by atoms with Crippen molar-refractivity contribution < 1.29 is 18.9 Å². The predicted octanol–water partition coefficient (Wildman–Crippen LogP) is 2.33. The van der Waals surface area contributed by atoms with E-state index in [9.17, 15) is 0 Å². The summed E-state index contributed by atoms with van der Waals surface area (Å²) in [6, 6.07) is 0. The van der Waals surface area contributed by atoms with Crippen LogP contribution in [0.2, 0.25) is 0 Å². The first kappa shape index (κ1) is 12.8. The van der Waals surface area contributed by atoms with Gasteiger partial charge in [-0.15, -0.1) is 0 Å². The summed E-state index contributed by atoms with van der Waals surface area (Å²) in [5.41, 5.74) is 0. The Kier molecular flexibility index (Phi) is 2.42. The lowest BCUT2D eigenvalue weighted by molar-refractivity contribution is -0.205. The summed E-state index contributed by atoms with van der Waals surface area (Å²) in [7, 11) is 0. The van der Waals surface area contributed by atoms with E-state index < -0.39 is 11.6 Å². The predicted molar refractivity (Wildman–Crippen MR) is 77.5 cm³/mol. The first-order valence-electron chi connectivity index (χ1n) is 6.96. The normalized spacial score (nSPS) is 49.5. The summed E-state index contributed by atoms with van der Waals surface area (Å²) in [4.78, 5) is 0. The van der Waals surface area contributed by atoms with E-state index in [2.05, 4.69) is 50.1 Å². The molecule has 0 radical (unpaired) electrons. The second-order valence-corrected chi connectivity index (χ2v) is 8.11. The second kappa shape index (κ2) is 3.78. The largest absolute Gasteiger partial charge is 0.345 e. The number of ether oxygens (including phenoxy) is 4. The van der Waals surface area contributed by atoms with Crippen molar-refractivity contribution in [3.05, 3.63) is 22.7 Å². The zero-order valence-electron chi connectivity index (χ0n) is 10.7. The number of alkyl halides is 1. The third kappa shape index (κ3) is 1.14. The number of allylic oxidation sites excluding steroid dienone is 1. The van der Waals surface area contributed by atoms with Gasteiger partial charge in [-0.1, -0.05) is 50.1 Å². The summed E-state index contributed by atoms with van der Waals surface area (Å²) in [6.07, 6.45) is 6.60. The minimum atomic E-state index is -0.655. The molecule has 0 aromatic heterocycles. The molecule has 2 spiro atoms. The third-order valence-corrected chi connectivity index (χ3v) is 7.47. The van der Waals surface area contributed by atoms with Crippen LogP contribution in [-0.4, -0.2) is 42.3 Å². The average molecular weight is 406 g/mol. The molecule has 2 aliphatic heterocycles. The van der Waals surface area contributed by atoms with Gasteiger partial charge in [0, 0.05) is 17.8 Å². The minimum absolute atomic E-state index is 0.138. The zero-order chi connectivity index (χ0) is 13.6. The Morgan fingerprint density at radius 3 is 2.35 bits per heavy atom. The third-order valence-electron chi connectivity index (χ3n) is 5.31. The van der Waals surface area contributed by atoms with Crippen LogP contribution in [0, 0.1) is 17.8 Å². The average Bonchev–Trinajstić information content (AvgIpc) is 3.20. The molecule has 4 nitrogen and oxygen atoms in total. The Morgan fingerprint density at radius 2 is 1.65 bits per heavy atom. The van der Waals surface area contributed by atoms with Gasteiger partial charge < -0.3 is 18.9 Å². The number of hydrogen-bond acceptors (Lipinski definition) is 4. The molecular weight excluding hydrogens is 392 g/mol. The van der Waals surface area contributed by atoms with Gasteiger partial charge in [0.2, 0.25) is 5.79 Å². The highest BCUT2D eigenvalue weighted by atomic mass is 79.9. The molecule has 0 N–H and O–H groups in total. The summed E-state index contributed by atoms with van der Waals surface area (Å²) in [6.45, 7) is 2.55. The molecule has 2 heterocycles. The van der Waals surface area contributed by atoms with Crippen molar-refractivity contribution in [1.29, 1.82) is 0 Å². The van der Waals surface area contributed by atoms with E-state index in [4.69, 9.17) is 18.9 Å². The van der Waals surface area contributed by atoms with Crippen molar-refractivity contribution in [3.8, 4) is 0 Å². The highest BCUT2D eigenvalue weighted by Crippen LogP contribution is 2.71. The van der Waals surface area contributed by atoms with Crippen LogP contribution >= 0.6 is 31.9 Å². The van der Waals surface area contributed by atoms with Crippen molar-refractivity contribution in [1.82, 2.24) is 0 Å². The molecular formula is C14H14Br2O4. The highest BCUT2D eigenvalue weighted by molar-refractivity contribution is 9.11. The van der Waals surface area contributed by atoms with Crippen LogP contribution in [-0.2, 0) is 18.9 Å². The summed E-state index contributed by atoms with van der Waals surface area (Å²) < 4.78 is 24.9. The van der Waals surface area contributed by atoms with Gasteiger partial charge in [0.05, 0.1) is 30.9 Å². The van der Waals surface area contributed by atoms with E-state index in [1.165, 1.54) is 0 Å². The van der Waals surface area contributed by atoms with Gasteiger partial charge in [-0.3, -0.25) is 0 Å². The van der Waals surface area contributed by atoms with E-state index in [0.29, 0.717) is 26.4 Å². The standard InChI is InChI=1S/C14H14Br2O4/c15-10-7-9-11(13(10)17-3-4-18-13)8-1-2-12(9,16)14(8)19-5-6-20-14/h1-2,7-9,11H,3-6H2/t8-,9+,11+,12+/m1/s1. The maximum atomic E-state index is 6.08. The van der Waals surface area contributed by atoms with Crippen LogP contribution < -0.4 is 0 Å². The fraction of sp³-hybridized carbons (Fsp3) is 0.714. The molecule has 0 amide bonds. The van der Waals surface area contributed by atoms with Gasteiger partial charge in [0.15, 0.2) is 5.79 Å². The molecule has 0 aromatic carbocycles. The Bertz CT molecular complexity index is 533. The van der Waals surface area contributed by atoms with Crippen molar-refractivity contribution in [2.75, 3.05) is 26.4 Å². The molecule has 2 bridgehead atoms. The highest BCUT2D eigenvalue weighted by Gasteiger charge is 2.79. The second-order valence-electron chi connectivity index (χ2n) is 5.95. The monoisotopic (exact) mass is 404 g/mol. The fourth-order valence-electron chi connectivity index (χ4n) is 4.66. The van der Waals surface area contributed by atoms with E-state index in [-0.39, 0.29) is 22.1 Å². The number of hydrogen-bond donors (Lipinski definition) is 0. The summed E-state index contributed by atoms with van der Waals surface area (Å²) >= 11 is 7.58. The van der Waals surface area contributed by atoms with Gasteiger partial charge in [0.1, 0.15) is 4.32 Å². The molecule has 3 fully saturated rings. The lowest BCUT2D eigenvalue weighted by Gasteiger charge is -2.36. The molecule has 1 saturated carbocycles. The molecule has 0 unspecified atom stereocenters. The first-order valence-corrected chi connectivity index (χ1v) is 8.55. The van der Waals surface area contributed by atoms with Gasteiger partial charge in [-0.2, -0.15) is 0 Å². The van der Waals surface area contributed by atoms with Gasteiger partial charge >= 0.3 is 0 Å². The van der Waals surface area contributed by atoms with E-state index in [0.717, 1.165) is 4.48 Å². The van der Waals surface area contributed by atoms with E-state index >= 15 is 0 Å². The van der Waals surface area contributed by atoms with Crippen LogP contribution in [0.1, 0.15) is 0 Å². The van der Waals surface area contributed by atoms with E-state index in [1.807, 2.05) is 0 Å². The Morgan fingerprint density at radius 1 is 1.00 bits per heavy atom. The molecule has 5 rings (SSSR count). The SMILES string of the molecule is BrC1=C[C@H]2[C@H]([C@H]3C=C[C@@]2(Br)C32OCCO2)C12OCCO2. The molecule has 3 aliphatic carbocycles. The maximum absolute atomic E-state index is 6.08. The van der Waals surface area contributed by atoms with Gasteiger partial charge in [-0.25, -0.2) is 0 Å². The number of halogens is 2. The fourth-order valence-corrected chi connectivity index (χ4v) is 6.50.